The maximum Gasteiger partial charge on any atom is 0.147 e. The Morgan fingerprint density at radius 2 is 2.29 bits per heavy atom. The van der Waals surface area contributed by atoms with E-state index in [0.29, 0.717) is 0 Å². The topological polar surface area (TPSA) is 37.3 Å². The lowest BCUT2D eigenvalue weighted by molar-refractivity contribution is -0.116. The van der Waals surface area contributed by atoms with Crippen LogP contribution in [0.25, 0.3) is 0 Å². The number of Topliss-reactive ketones (excluding diaryl/α,β-unsaturated/α-hetero) is 1. The molecule has 0 saturated heterocycles. The van der Waals surface area contributed by atoms with Crippen LogP contribution in [-0.4, -0.2) is 10.9 Å². The van der Waals surface area contributed by atoms with Gasteiger partial charge in [-0.25, -0.2) is 0 Å². The lowest BCUT2D eigenvalue weighted by atomic mass is 10.0. The monoisotopic (exact) mass is 368 g/mol. The van der Waals surface area contributed by atoms with E-state index in [-0.39, 0.29) is 17.2 Å². The van der Waals surface area contributed by atoms with Crippen LogP contribution in [0.15, 0.2) is 18.2 Å². The number of hydrogen-bond donors (Lipinski definition) is 1. The maximum absolute atomic E-state index is 11.2. The highest BCUT2D eigenvalue weighted by molar-refractivity contribution is 14.1. The molecule has 1 atom stereocenters. The van der Waals surface area contributed by atoms with E-state index in [0.717, 1.165) is 14.7 Å². The molecule has 1 unspecified atom stereocenters. The molecule has 0 aromatic heterocycles. The summed E-state index contributed by atoms with van der Waals surface area (Å²) < 4.78 is 1.06. The highest BCUT2D eigenvalue weighted by Gasteiger charge is 2.16. The van der Waals surface area contributed by atoms with Crippen molar-refractivity contribution in [2.45, 2.75) is 18.4 Å². The summed E-state index contributed by atoms with van der Waals surface area (Å²) in [6, 6.07) is 5.66. The number of rotatable bonds is 3. The Balaban J connectivity index is 3.16. The van der Waals surface area contributed by atoms with Crippen molar-refractivity contribution in [2.75, 3.05) is 0 Å². The van der Waals surface area contributed by atoms with E-state index >= 15 is 0 Å². The predicted octanol–water partition coefficient (Wildman–Crippen LogP) is 2.81. The fraction of sp³-hybridized carbons (Fsp3) is 0.300. The molecule has 0 saturated carbocycles. The zero-order valence-electron chi connectivity index (χ0n) is 7.63. The van der Waals surface area contributed by atoms with Crippen LogP contribution in [0.5, 0.6) is 0 Å². The van der Waals surface area contributed by atoms with E-state index in [2.05, 4.69) is 38.5 Å². The fourth-order valence-electron chi connectivity index (χ4n) is 1.16. The van der Waals surface area contributed by atoms with Crippen molar-refractivity contribution >= 4 is 44.3 Å². The van der Waals surface area contributed by atoms with Gasteiger partial charge in [0.25, 0.3) is 0 Å². The summed E-state index contributed by atoms with van der Waals surface area (Å²) in [4.78, 5) is 10.9. The van der Waals surface area contributed by atoms with Gasteiger partial charge >= 0.3 is 0 Å². The second-order valence-corrected chi connectivity index (χ2v) is 5.14. The van der Waals surface area contributed by atoms with E-state index in [9.17, 15) is 4.79 Å². The van der Waals surface area contributed by atoms with E-state index in [1.54, 1.807) is 0 Å². The van der Waals surface area contributed by atoms with E-state index in [4.69, 9.17) is 5.11 Å². The van der Waals surface area contributed by atoms with Crippen LogP contribution in [0, 0.1) is 3.57 Å². The van der Waals surface area contributed by atoms with Crippen molar-refractivity contribution in [3.63, 3.8) is 0 Å². The van der Waals surface area contributed by atoms with Crippen molar-refractivity contribution in [3.8, 4) is 0 Å². The molecule has 2 nitrogen and oxygen atoms in total. The lowest BCUT2D eigenvalue weighted by Crippen LogP contribution is -2.05. The van der Waals surface area contributed by atoms with E-state index < -0.39 is 0 Å². The lowest BCUT2D eigenvalue weighted by Gasteiger charge is -2.11. The molecule has 0 spiro atoms. The third kappa shape index (κ3) is 2.77. The van der Waals surface area contributed by atoms with Crippen molar-refractivity contribution in [3.05, 3.63) is 32.9 Å². The van der Waals surface area contributed by atoms with Crippen LogP contribution in [-0.2, 0) is 11.4 Å². The number of halogens is 2. The number of aliphatic hydroxyl groups is 1. The fourth-order valence-corrected chi connectivity index (χ4v) is 2.11. The number of carbonyl (C=O) groups is 1. The van der Waals surface area contributed by atoms with Crippen LogP contribution >= 0.6 is 38.5 Å². The molecule has 0 radical (unpaired) electrons. The molecule has 0 aliphatic heterocycles. The van der Waals surface area contributed by atoms with Crippen LogP contribution in [0.3, 0.4) is 0 Å². The molecule has 76 valence electrons. The van der Waals surface area contributed by atoms with Crippen molar-refractivity contribution in [1.29, 1.82) is 0 Å². The first-order valence-electron chi connectivity index (χ1n) is 4.10. The molecule has 0 fully saturated rings. The molecule has 1 aromatic carbocycles. The van der Waals surface area contributed by atoms with Gasteiger partial charge in [0, 0.05) is 3.57 Å². The third-order valence-corrected chi connectivity index (χ3v) is 3.72. The second kappa shape index (κ2) is 5.23. The van der Waals surface area contributed by atoms with Gasteiger partial charge < -0.3 is 5.11 Å². The van der Waals surface area contributed by atoms with Crippen LogP contribution < -0.4 is 0 Å². The zero-order valence-corrected chi connectivity index (χ0v) is 11.4. The molecule has 0 heterocycles. The molecule has 0 aliphatic carbocycles. The Hall–Kier alpha value is 0.0600. The summed E-state index contributed by atoms with van der Waals surface area (Å²) >= 11 is 5.49. The predicted molar refractivity (Wildman–Crippen MR) is 67.4 cm³/mol. The van der Waals surface area contributed by atoms with Gasteiger partial charge in [-0.15, -0.1) is 0 Å². The number of hydrogen-bond acceptors (Lipinski definition) is 2. The quantitative estimate of drug-likeness (QED) is 0.658. The first kappa shape index (κ1) is 12.1. The number of ketones is 1. The molecule has 1 N–H and O–H groups in total. The average Bonchev–Trinajstić information content (AvgIpc) is 2.16. The average molecular weight is 369 g/mol. The van der Waals surface area contributed by atoms with Gasteiger partial charge in [-0.2, -0.15) is 0 Å². The van der Waals surface area contributed by atoms with Crippen LogP contribution in [0.2, 0.25) is 0 Å². The molecule has 0 aliphatic rings. The summed E-state index contributed by atoms with van der Waals surface area (Å²) in [5.74, 6) is 0.0432. The molecular formula is C10H10BrIO2. The van der Waals surface area contributed by atoms with Gasteiger partial charge in [0.1, 0.15) is 5.78 Å². The van der Waals surface area contributed by atoms with Crippen LogP contribution in [0.4, 0.5) is 0 Å². The van der Waals surface area contributed by atoms with Gasteiger partial charge in [-0.05, 0) is 52.8 Å². The normalized spacial score (nSPS) is 12.6. The van der Waals surface area contributed by atoms with Gasteiger partial charge in [0.05, 0.1) is 11.4 Å². The minimum absolute atomic E-state index is 0.0400. The van der Waals surface area contributed by atoms with E-state index in [1.807, 2.05) is 18.2 Å². The highest BCUT2D eigenvalue weighted by Crippen LogP contribution is 2.28. The Kier molecular flexibility index (Phi) is 4.53. The molecular weight excluding hydrogens is 359 g/mol. The molecule has 1 rings (SSSR count). The van der Waals surface area contributed by atoms with Crippen molar-refractivity contribution in [2.24, 2.45) is 0 Å². The molecule has 4 heteroatoms. The van der Waals surface area contributed by atoms with Crippen molar-refractivity contribution < 1.29 is 9.90 Å². The number of benzene rings is 1. The third-order valence-electron chi connectivity index (χ3n) is 1.91. The minimum Gasteiger partial charge on any atom is -0.392 e. The van der Waals surface area contributed by atoms with E-state index in [1.165, 1.54) is 6.92 Å². The zero-order chi connectivity index (χ0) is 10.7. The highest BCUT2D eigenvalue weighted by atomic mass is 127. The maximum atomic E-state index is 11.2. The summed E-state index contributed by atoms with van der Waals surface area (Å²) in [5.41, 5.74) is 1.65. The minimum atomic E-state index is -0.320. The van der Waals surface area contributed by atoms with Gasteiger partial charge in [0.2, 0.25) is 0 Å². The molecule has 0 bridgehead atoms. The smallest absolute Gasteiger partial charge is 0.147 e. The number of aliphatic hydroxyl groups excluding tert-OH is 1. The van der Waals surface area contributed by atoms with Crippen molar-refractivity contribution in [1.82, 2.24) is 0 Å². The standard InChI is InChI=1S/C10H10BrIO2/c1-6(14)10(11)9-4-8(12)3-2-7(9)5-13/h2-4,10,13H,5H2,1H3. The largest absolute Gasteiger partial charge is 0.392 e. The Labute approximate surface area is 105 Å². The molecule has 14 heavy (non-hydrogen) atoms. The first-order valence-corrected chi connectivity index (χ1v) is 6.09. The summed E-state index contributed by atoms with van der Waals surface area (Å²) in [5, 5.41) is 9.11. The van der Waals surface area contributed by atoms with Crippen LogP contribution in [0.1, 0.15) is 22.9 Å². The van der Waals surface area contributed by atoms with Gasteiger partial charge in [-0.1, -0.05) is 22.0 Å². The Morgan fingerprint density at radius 1 is 1.64 bits per heavy atom. The number of alkyl halides is 1. The Morgan fingerprint density at radius 3 is 2.79 bits per heavy atom. The SMILES string of the molecule is CC(=O)C(Br)c1cc(I)ccc1CO. The Bertz CT molecular complexity index is 352. The summed E-state index contributed by atoms with van der Waals surface area (Å²) in [6.45, 7) is 1.49. The second-order valence-electron chi connectivity index (χ2n) is 2.97. The number of carbonyl (C=O) groups excluding carboxylic acids is 1. The first-order chi connectivity index (χ1) is 6.56. The molecule has 0 amide bonds. The summed E-state index contributed by atoms with van der Waals surface area (Å²) in [6.07, 6.45) is 0. The van der Waals surface area contributed by atoms with Gasteiger partial charge in [-0.3, -0.25) is 4.79 Å². The summed E-state index contributed by atoms with van der Waals surface area (Å²) in [7, 11) is 0. The van der Waals surface area contributed by atoms with Gasteiger partial charge in [0.15, 0.2) is 0 Å². The molecule has 1 aromatic rings.